The van der Waals surface area contributed by atoms with E-state index < -0.39 is 6.04 Å². The fourth-order valence-electron chi connectivity index (χ4n) is 4.00. The molecule has 2 atom stereocenters. The maximum atomic E-state index is 13.4. The van der Waals surface area contributed by atoms with Crippen molar-refractivity contribution in [3.05, 3.63) is 50.9 Å². The van der Waals surface area contributed by atoms with Crippen molar-refractivity contribution in [2.24, 2.45) is 5.92 Å². The lowest BCUT2D eigenvalue weighted by Gasteiger charge is -2.19. The number of hydrogen-bond donors (Lipinski definition) is 1. The molecule has 1 amide bonds. The highest BCUT2D eigenvalue weighted by Gasteiger charge is 2.26. The Hall–Kier alpha value is -2.67. The number of carbonyl (C=O) groups is 1. The zero-order valence-corrected chi connectivity index (χ0v) is 17.9. The van der Waals surface area contributed by atoms with Gasteiger partial charge in [0.25, 0.3) is 5.56 Å². The third-order valence-electron chi connectivity index (χ3n) is 5.66. The summed E-state index contributed by atoms with van der Waals surface area (Å²) < 4.78 is 6.66. The number of hydrogen-bond acceptors (Lipinski definition) is 5. The van der Waals surface area contributed by atoms with Gasteiger partial charge in [-0.3, -0.25) is 14.2 Å². The van der Waals surface area contributed by atoms with E-state index in [0.29, 0.717) is 28.6 Å². The summed E-state index contributed by atoms with van der Waals surface area (Å²) in [6, 6.07) is 6.45. The number of anilines is 1. The van der Waals surface area contributed by atoms with Crippen LogP contribution in [0.25, 0.3) is 10.2 Å². The maximum absolute atomic E-state index is 13.4. The zero-order chi connectivity index (χ0) is 20.7. The molecule has 0 aliphatic heterocycles. The smallest absolute Gasteiger partial charge is 0.263 e. The van der Waals surface area contributed by atoms with Crippen LogP contribution in [0.3, 0.4) is 0 Å². The SMILES string of the molecule is COc1ccc(NC(=O)C(C)n2c(C)nc3sc4c(c3c2=O)CCC(C)C4)cc1. The molecular formula is C22H25N3O3S. The molecule has 1 N–H and O–H groups in total. The quantitative estimate of drug-likeness (QED) is 0.701. The predicted molar refractivity (Wildman–Crippen MR) is 116 cm³/mol. The van der Waals surface area contributed by atoms with Crippen LogP contribution in [0, 0.1) is 12.8 Å². The van der Waals surface area contributed by atoms with E-state index in [4.69, 9.17) is 4.74 Å². The van der Waals surface area contributed by atoms with E-state index in [9.17, 15) is 9.59 Å². The Morgan fingerprint density at radius 2 is 2.07 bits per heavy atom. The third kappa shape index (κ3) is 3.55. The summed E-state index contributed by atoms with van der Waals surface area (Å²) in [5.41, 5.74) is 1.68. The Morgan fingerprint density at radius 3 is 2.76 bits per heavy atom. The number of amides is 1. The van der Waals surface area contributed by atoms with Crippen LogP contribution in [-0.4, -0.2) is 22.6 Å². The van der Waals surface area contributed by atoms with Crippen molar-refractivity contribution in [2.75, 3.05) is 12.4 Å². The normalized spacial score (nSPS) is 17.0. The van der Waals surface area contributed by atoms with Crippen LogP contribution in [0.4, 0.5) is 5.69 Å². The molecule has 0 fully saturated rings. The topological polar surface area (TPSA) is 73.2 Å². The van der Waals surface area contributed by atoms with Crippen LogP contribution in [0.2, 0.25) is 0 Å². The number of nitrogens with zero attached hydrogens (tertiary/aromatic N) is 2. The summed E-state index contributed by atoms with van der Waals surface area (Å²) in [4.78, 5) is 33.0. The van der Waals surface area contributed by atoms with Gasteiger partial charge in [0.2, 0.25) is 5.91 Å². The highest BCUT2D eigenvalue weighted by molar-refractivity contribution is 7.18. The molecule has 0 spiro atoms. The summed E-state index contributed by atoms with van der Waals surface area (Å²) in [7, 11) is 1.60. The highest BCUT2D eigenvalue weighted by atomic mass is 32.1. The number of rotatable bonds is 4. The zero-order valence-electron chi connectivity index (χ0n) is 17.1. The van der Waals surface area contributed by atoms with Gasteiger partial charge in [0.1, 0.15) is 22.4 Å². The molecule has 4 rings (SSSR count). The minimum Gasteiger partial charge on any atom is -0.497 e. The van der Waals surface area contributed by atoms with Crippen molar-refractivity contribution in [3.63, 3.8) is 0 Å². The fourth-order valence-corrected chi connectivity index (χ4v) is 5.42. The Labute approximate surface area is 173 Å². The van der Waals surface area contributed by atoms with Crippen LogP contribution in [-0.2, 0) is 17.6 Å². The van der Waals surface area contributed by atoms with Gasteiger partial charge in [0.05, 0.1) is 12.5 Å². The van der Waals surface area contributed by atoms with Crippen molar-refractivity contribution >= 4 is 33.1 Å². The van der Waals surface area contributed by atoms with Gasteiger partial charge in [-0.25, -0.2) is 4.98 Å². The standard InChI is InChI=1S/C22H25N3O3S/c1-12-5-10-17-18(11-12)29-21-19(17)22(27)25(14(3)23-21)13(2)20(26)24-15-6-8-16(28-4)9-7-15/h6-9,12-13H,5,10-11H2,1-4H3,(H,24,26). The fraction of sp³-hybridized carbons (Fsp3) is 0.409. The molecule has 1 aliphatic carbocycles. The first-order chi connectivity index (χ1) is 13.9. The molecule has 6 nitrogen and oxygen atoms in total. The summed E-state index contributed by atoms with van der Waals surface area (Å²) in [5, 5.41) is 3.58. The second-order valence-electron chi connectivity index (χ2n) is 7.76. The molecule has 2 aromatic heterocycles. The van der Waals surface area contributed by atoms with Gasteiger partial charge in [0.15, 0.2) is 0 Å². The first-order valence-corrected chi connectivity index (χ1v) is 10.7. The molecule has 152 valence electrons. The lowest BCUT2D eigenvalue weighted by Crippen LogP contribution is -2.34. The molecule has 2 heterocycles. The number of benzene rings is 1. The van der Waals surface area contributed by atoms with Gasteiger partial charge in [-0.15, -0.1) is 11.3 Å². The van der Waals surface area contributed by atoms with Crippen LogP contribution in [0.1, 0.15) is 42.6 Å². The average molecular weight is 412 g/mol. The monoisotopic (exact) mass is 411 g/mol. The Balaban J connectivity index is 1.68. The van der Waals surface area contributed by atoms with Crippen LogP contribution in [0.5, 0.6) is 5.75 Å². The van der Waals surface area contributed by atoms with E-state index in [-0.39, 0.29) is 11.5 Å². The van der Waals surface area contributed by atoms with Crippen molar-refractivity contribution in [1.82, 2.24) is 9.55 Å². The van der Waals surface area contributed by atoms with Gasteiger partial charge in [-0.2, -0.15) is 0 Å². The molecule has 3 aromatic rings. The molecule has 1 aliphatic rings. The first kappa shape index (κ1) is 19.6. The molecular weight excluding hydrogens is 386 g/mol. The largest absolute Gasteiger partial charge is 0.497 e. The van der Waals surface area contributed by atoms with E-state index in [2.05, 4.69) is 17.2 Å². The van der Waals surface area contributed by atoms with Gasteiger partial charge >= 0.3 is 0 Å². The minimum absolute atomic E-state index is 0.114. The summed E-state index contributed by atoms with van der Waals surface area (Å²) in [6.45, 7) is 5.77. The van der Waals surface area contributed by atoms with Crippen LogP contribution < -0.4 is 15.6 Å². The van der Waals surface area contributed by atoms with E-state index in [1.807, 2.05) is 0 Å². The summed E-state index contributed by atoms with van der Waals surface area (Å²) >= 11 is 1.63. The van der Waals surface area contributed by atoms with Crippen molar-refractivity contribution in [3.8, 4) is 5.75 Å². The number of thiophene rings is 1. The molecule has 1 aromatic carbocycles. The minimum atomic E-state index is -0.667. The molecule has 0 saturated heterocycles. The number of ether oxygens (including phenoxy) is 1. The Bertz CT molecular complexity index is 1130. The average Bonchev–Trinajstić information content (AvgIpc) is 3.05. The van der Waals surface area contributed by atoms with Crippen molar-refractivity contribution < 1.29 is 9.53 Å². The molecule has 0 bridgehead atoms. The summed E-state index contributed by atoms with van der Waals surface area (Å²) in [6.07, 6.45) is 2.99. The van der Waals surface area contributed by atoms with Crippen molar-refractivity contribution in [2.45, 2.75) is 46.1 Å². The second kappa shape index (κ2) is 7.63. The first-order valence-electron chi connectivity index (χ1n) is 9.87. The lowest BCUT2D eigenvalue weighted by molar-refractivity contribution is -0.118. The number of fused-ring (bicyclic) bond motifs is 3. The number of aromatic nitrogens is 2. The van der Waals surface area contributed by atoms with E-state index in [1.165, 1.54) is 9.44 Å². The number of aryl methyl sites for hydroxylation is 2. The molecule has 2 unspecified atom stereocenters. The molecule has 7 heteroatoms. The van der Waals surface area contributed by atoms with Gasteiger partial charge in [0, 0.05) is 10.6 Å². The molecule has 0 saturated carbocycles. The second-order valence-corrected chi connectivity index (χ2v) is 8.84. The number of carbonyl (C=O) groups excluding carboxylic acids is 1. The number of nitrogens with one attached hydrogen (secondary N) is 1. The van der Waals surface area contributed by atoms with Gasteiger partial charge in [-0.05, 0) is 68.9 Å². The molecule has 0 radical (unpaired) electrons. The summed E-state index contributed by atoms with van der Waals surface area (Å²) in [5.74, 6) is 1.66. The third-order valence-corrected chi connectivity index (χ3v) is 6.81. The van der Waals surface area contributed by atoms with Crippen LogP contribution >= 0.6 is 11.3 Å². The Kier molecular flexibility index (Phi) is 5.17. The number of methoxy groups -OCH3 is 1. The van der Waals surface area contributed by atoms with E-state index in [0.717, 1.165) is 29.7 Å². The Morgan fingerprint density at radius 1 is 1.34 bits per heavy atom. The maximum Gasteiger partial charge on any atom is 0.263 e. The highest BCUT2D eigenvalue weighted by Crippen LogP contribution is 2.36. The van der Waals surface area contributed by atoms with Crippen molar-refractivity contribution in [1.29, 1.82) is 0 Å². The van der Waals surface area contributed by atoms with Crippen LogP contribution in [0.15, 0.2) is 29.1 Å². The van der Waals surface area contributed by atoms with Gasteiger partial charge in [-0.1, -0.05) is 6.92 Å². The van der Waals surface area contributed by atoms with Gasteiger partial charge < -0.3 is 10.1 Å². The lowest BCUT2D eigenvalue weighted by atomic mass is 9.89. The molecule has 29 heavy (non-hydrogen) atoms. The van der Waals surface area contributed by atoms with E-state index >= 15 is 0 Å². The van der Waals surface area contributed by atoms with E-state index in [1.54, 1.807) is 56.6 Å². The predicted octanol–water partition coefficient (Wildman–Crippen LogP) is 4.10.